The van der Waals surface area contributed by atoms with E-state index in [-0.39, 0.29) is 12.3 Å². The Hall–Kier alpha value is -2.08. The molecule has 1 rings (SSSR count). The summed E-state index contributed by atoms with van der Waals surface area (Å²) in [5.41, 5.74) is 5.23. The van der Waals surface area contributed by atoms with Crippen LogP contribution in [0, 0.1) is 10.1 Å². The van der Waals surface area contributed by atoms with Gasteiger partial charge in [-0.1, -0.05) is 12.2 Å². The molecule has 0 amide bonds. The van der Waals surface area contributed by atoms with Crippen molar-refractivity contribution in [1.82, 2.24) is 0 Å². The van der Waals surface area contributed by atoms with Crippen molar-refractivity contribution in [2.24, 2.45) is 5.73 Å². The van der Waals surface area contributed by atoms with Gasteiger partial charge in [-0.25, -0.2) is 0 Å². The van der Waals surface area contributed by atoms with E-state index in [4.69, 9.17) is 15.2 Å². The maximum atomic E-state index is 10.6. The monoisotopic (exact) mass is 238 g/mol. The lowest BCUT2D eigenvalue weighted by Gasteiger charge is -2.08. The Morgan fingerprint density at radius 3 is 2.76 bits per heavy atom. The zero-order valence-corrected chi connectivity index (χ0v) is 9.46. The second-order valence-electron chi connectivity index (χ2n) is 3.11. The van der Waals surface area contributed by atoms with E-state index in [2.05, 4.69) is 0 Å². The minimum atomic E-state index is -0.484. The Bertz CT molecular complexity index is 418. The highest BCUT2D eigenvalue weighted by atomic mass is 16.6. The van der Waals surface area contributed by atoms with Gasteiger partial charge in [0.2, 0.25) is 0 Å². The fourth-order valence-electron chi connectivity index (χ4n) is 1.19. The maximum Gasteiger partial charge on any atom is 0.273 e. The lowest BCUT2D eigenvalue weighted by atomic mass is 10.3. The fraction of sp³-hybridized carbons (Fsp3) is 0.273. The molecule has 0 atom stereocenters. The Kier molecular flexibility index (Phi) is 4.96. The lowest BCUT2D eigenvalue weighted by molar-refractivity contribution is -0.385. The summed E-state index contributed by atoms with van der Waals surface area (Å²) in [5, 5.41) is 10.6. The molecule has 1 aromatic rings. The van der Waals surface area contributed by atoms with Crippen LogP contribution in [-0.4, -0.2) is 25.2 Å². The van der Waals surface area contributed by atoms with Crippen molar-refractivity contribution in [2.45, 2.75) is 0 Å². The summed E-state index contributed by atoms with van der Waals surface area (Å²) >= 11 is 0. The van der Waals surface area contributed by atoms with Gasteiger partial charge < -0.3 is 15.2 Å². The summed E-state index contributed by atoms with van der Waals surface area (Å²) in [7, 11) is 1.48. The number of non-ortho nitro benzene ring substituents is 1. The van der Waals surface area contributed by atoms with E-state index >= 15 is 0 Å². The number of nitro groups is 1. The Morgan fingerprint density at radius 1 is 1.41 bits per heavy atom. The third-order valence-corrected chi connectivity index (χ3v) is 2.00. The molecule has 0 aliphatic heterocycles. The van der Waals surface area contributed by atoms with Crippen molar-refractivity contribution in [3.63, 3.8) is 0 Å². The van der Waals surface area contributed by atoms with Crippen molar-refractivity contribution in [3.05, 3.63) is 40.5 Å². The zero-order valence-electron chi connectivity index (χ0n) is 9.46. The molecule has 0 saturated heterocycles. The molecule has 0 saturated carbocycles. The van der Waals surface area contributed by atoms with Crippen LogP contribution in [0.4, 0.5) is 5.69 Å². The van der Waals surface area contributed by atoms with Crippen molar-refractivity contribution >= 4 is 5.69 Å². The van der Waals surface area contributed by atoms with Gasteiger partial charge in [0.05, 0.1) is 18.1 Å². The van der Waals surface area contributed by atoms with Crippen molar-refractivity contribution in [1.29, 1.82) is 0 Å². The molecule has 0 aliphatic rings. The number of nitro benzene ring substituents is 1. The predicted octanol–water partition coefficient (Wildman–Crippen LogP) is 1.50. The smallest absolute Gasteiger partial charge is 0.273 e. The van der Waals surface area contributed by atoms with Gasteiger partial charge in [-0.3, -0.25) is 10.1 Å². The van der Waals surface area contributed by atoms with Gasteiger partial charge in [-0.15, -0.1) is 0 Å². The predicted molar refractivity (Wildman–Crippen MR) is 63.3 cm³/mol. The molecule has 0 heterocycles. The SMILES string of the molecule is COc1ccc([N+](=O)[O-])cc1OCC=CCN. The first kappa shape index (κ1) is 13.0. The van der Waals surface area contributed by atoms with Crippen molar-refractivity contribution in [3.8, 4) is 11.5 Å². The second kappa shape index (κ2) is 6.49. The first-order valence-corrected chi connectivity index (χ1v) is 4.99. The standard InChI is InChI=1S/C11H14N2O4/c1-16-10-5-4-9(13(14)15)8-11(10)17-7-3-2-6-12/h2-5,8H,6-7,12H2,1H3. The van der Waals surface area contributed by atoms with Crippen LogP contribution >= 0.6 is 0 Å². The molecule has 6 heteroatoms. The lowest BCUT2D eigenvalue weighted by Crippen LogP contribution is -1.99. The van der Waals surface area contributed by atoms with E-state index in [1.165, 1.54) is 25.3 Å². The van der Waals surface area contributed by atoms with Crippen molar-refractivity contribution < 1.29 is 14.4 Å². The summed E-state index contributed by atoms with van der Waals surface area (Å²) in [4.78, 5) is 10.1. The number of hydrogen-bond acceptors (Lipinski definition) is 5. The normalized spacial score (nSPS) is 10.5. The zero-order chi connectivity index (χ0) is 12.7. The minimum absolute atomic E-state index is 0.0383. The summed E-state index contributed by atoms with van der Waals surface area (Å²) < 4.78 is 10.4. The quantitative estimate of drug-likeness (QED) is 0.461. The number of ether oxygens (including phenoxy) is 2. The van der Waals surface area contributed by atoms with Crippen molar-refractivity contribution in [2.75, 3.05) is 20.3 Å². The van der Waals surface area contributed by atoms with Crippen LogP contribution in [0.1, 0.15) is 0 Å². The molecule has 2 N–H and O–H groups in total. The van der Waals surface area contributed by atoms with E-state index in [1.807, 2.05) is 0 Å². The Balaban J connectivity index is 2.82. The number of nitrogens with two attached hydrogens (primary N) is 1. The van der Waals surface area contributed by atoms with Gasteiger partial charge in [0.1, 0.15) is 6.61 Å². The molecule has 0 unspecified atom stereocenters. The molecule has 0 radical (unpaired) electrons. The van der Waals surface area contributed by atoms with Gasteiger partial charge in [0, 0.05) is 12.6 Å². The van der Waals surface area contributed by atoms with Gasteiger partial charge >= 0.3 is 0 Å². The number of hydrogen-bond donors (Lipinski definition) is 1. The van der Waals surface area contributed by atoms with E-state index in [0.29, 0.717) is 18.0 Å². The maximum absolute atomic E-state index is 10.6. The highest BCUT2D eigenvalue weighted by Crippen LogP contribution is 2.30. The van der Waals surface area contributed by atoms with Gasteiger partial charge in [-0.05, 0) is 6.07 Å². The van der Waals surface area contributed by atoms with Crippen LogP contribution in [0.5, 0.6) is 11.5 Å². The molecule has 17 heavy (non-hydrogen) atoms. The molecule has 6 nitrogen and oxygen atoms in total. The Morgan fingerprint density at radius 2 is 2.18 bits per heavy atom. The van der Waals surface area contributed by atoms with Gasteiger partial charge in [0.15, 0.2) is 11.5 Å². The molecule has 0 spiro atoms. The number of methoxy groups -OCH3 is 1. The molecular formula is C11H14N2O4. The first-order valence-electron chi connectivity index (χ1n) is 4.99. The van der Waals surface area contributed by atoms with Gasteiger partial charge in [-0.2, -0.15) is 0 Å². The van der Waals surface area contributed by atoms with Gasteiger partial charge in [0.25, 0.3) is 5.69 Å². The van der Waals surface area contributed by atoms with E-state index in [0.717, 1.165) is 0 Å². The van der Waals surface area contributed by atoms with E-state index < -0.39 is 4.92 Å². The topological polar surface area (TPSA) is 87.6 Å². The molecule has 0 aliphatic carbocycles. The second-order valence-corrected chi connectivity index (χ2v) is 3.11. The minimum Gasteiger partial charge on any atom is -0.493 e. The molecular weight excluding hydrogens is 224 g/mol. The molecule has 0 bridgehead atoms. The largest absolute Gasteiger partial charge is 0.493 e. The van der Waals surface area contributed by atoms with Crippen LogP contribution in [-0.2, 0) is 0 Å². The van der Waals surface area contributed by atoms with E-state index in [9.17, 15) is 10.1 Å². The van der Waals surface area contributed by atoms with Crippen LogP contribution in [0.25, 0.3) is 0 Å². The molecule has 0 aromatic heterocycles. The molecule has 1 aromatic carbocycles. The highest BCUT2D eigenvalue weighted by Gasteiger charge is 2.11. The highest BCUT2D eigenvalue weighted by molar-refractivity contribution is 5.48. The molecule has 0 fully saturated rings. The summed E-state index contributed by atoms with van der Waals surface area (Å²) in [5.74, 6) is 0.792. The average molecular weight is 238 g/mol. The third-order valence-electron chi connectivity index (χ3n) is 2.00. The summed E-state index contributed by atoms with van der Waals surface area (Å²) in [6.07, 6.45) is 3.47. The number of nitrogens with zero attached hydrogens (tertiary/aromatic N) is 1. The van der Waals surface area contributed by atoms with Crippen LogP contribution in [0.15, 0.2) is 30.4 Å². The molecule has 92 valence electrons. The summed E-state index contributed by atoms with van der Waals surface area (Å²) in [6.45, 7) is 0.712. The summed E-state index contributed by atoms with van der Waals surface area (Å²) in [6, 6.07) is 4.19. The van der Waals surface area contributed by atoms with Crippen LogP contribution in [0.3, 0.4) is 0 Å². The van der Waals surface area contributed by atoms with E-state index in [1.54, 1.807) is 12.2 Å². The van der Waals surface area contributed by atoms with Crippen LogP contribution < -0.4 is 15.2 Å². The number of rotatable bonds is 6. The third kappa shape index (κ3) is 3.76. The number of benzene rings is 1. The first-order chi connectivity index (χ1) is 8.19. The van der Waals surface area contributed by atoms with Crippen LogP contribution in [0.2, 0.25) is 0 Å². The average Bonchev–Trinajstić information content (AvgIpc) is 2.34. The fourth-order valence-corrected chi connectivity index (χ4v) is 1.19. The Labute approximate surface area is 98.8 Å².